The van der Waals surface area contributed by atoms with Gasteiger partial charge in [-0.05, 0) is 36.2 Å². The number of hydrogen-bond acceptors (Lipinski definition) is 3. The number of fused-ring (bicyclic) bond motifs is 1. The Kier molecular flexibility index (Phi) is 3.48. The lowest BCUT2D eigenvalue weighted by Crippen LogP contribution is -2.02. The zero-order valence-corrected chi connectivity index (χ0v) is 11.6. The van der Waals surface area contributed by atoms with Gasteiger partial charge in [-0.1, -0.05) is 12.1 Å². The predicted molar refractivity (Wildman–Crippen MR) is 80.3 cm³/mol. The van der Waals surface area contributed by atoms with Gasteiger partial charge < -0.3 is 10.3 Å². The number of aromatic nitrogens is 3. The summed E-state index contributed by atoms with van der Waals surface area (Å²) in [5.74, 6) is 1.07. The molecule has 0 fully saturated rings. The molecule has 102 valence electrons. The zero-order chi connectivity index (χ0) is 13.9. The predicted octanol–water partition coefficient (Wildman–Crippen LogP) is 2.50. The van der Waals surface area contributed by atoms with Crippen LogP contribution >= 0.6 is 0 Å². The Morgan fingerprint density at radius 2 is 2.10 bits per heavy atom. The van der Waals surface area contributed by atoms with E-state index in [1.54, 1.807) is 6.20 Å². The summed E-state index contributed by atoms with van der Waals surface area (Å²) in [6, 6.07) is 10.3. The average molecular weight is 266 g/mol. The topological polar surface area (TPSA) is 56.7 Å². The maximum absolute atomic E-state index is 5.70. The van der Waals surface area contributed by atoms with Gasteiger partial charge in [-0.15, -0.1) is 0 Å². The zero-order valence-electron chi connectivity index (χ0n) is 11.6. The average Bonchev–Trinajstić information content (AvgIpc) is 2.84. The lowest BCUT2D eigenvalue weighted by molar-refractivity contribution is 0.733. The van der Waals surface area contributed by atoms with Crippen molar-refractivity contribution in [2.24, 2.45) is 5.73 Å². The van der Waals surface area contributed by atoms with Crippen molar-refractivity contribution in [3.8, 4) is 0 Å². The third-order valence-electron chi connectivity index (χ3n) is 3.53. The lowest BCUT2D eigenvalue weighted by Gasteiger charge is -2.06. The third kappa shape index (κ3) is 2.30. The number of rotatable bonds is 4. The van der Waals surface area contributed by atoms with Gasteiger partial charge in [-0.2, -0.15) is 0 Å². The molecule has 1 aromatic carbocycles. The molecule has 0 atom stereocenters. The second-order valence-electron chi connectivity index (χ2n) is 4.84. The fourth-order valence-corrected chi connectivity index (χ4v) is 2.53. The minimum absolute atomic E-state index is 0.548. The molecule has 2 N–H and O–H groups in total. The van der Waals surface area contributed by atoms with Crippen molar-refractivity contribution in [3.63, 3.8) is 0 Å². The van der Waals surface area contributed by atoms with E-state index in [1.807, 2.05) is 12.3 Å². The molecule has 0 saturated heterocycles. The Morgan fingerprint density at radius 1 is 1.20 bits per heavy atom. The number of hydrogen-bond donors (Lipinski definition) is 1. The van der Waals surface area contributed by atoms with Gasteiger partial charge in [0.15, 0.2) is 0 Å². The quantitative estimate of drug-likeness (QED) is 0.789. The summed E-state index contributed by atoms with van der Waals surface area (Å²) in [6.45, 7) is 3.60. The largest absolute Gasteiger partial charge is 0.328 e. The summed E-state index contributed by atoms with van der Waals surface area (Å²) in [4.78, 5) is 8.93. The minimum atomic E-state index is 0.548. The minimum Gasteiger partial charge on any atom is -0.328 e. The van der Waals surface area contributed by atoms with E-state index >= 15 is 0 Å². The van der Waals surface area contributed by atoms with Gasteiger partial charge in [-0.3, -0.25) is 4.98 Å². The molecule has 0 aliphatic heterocycles. The molecule has 0 saturated carbocycles. The monoisotopic (exact) mass is 266 g/mol. The lowest BCUT2D eigenvalue weighted by atomic mass is 10.2. The van der Waals surface area contributed by atoms with Crippen LogP contribution in [0, 0.1) is 0 Å². The highest BCUT2D eigenvalue weighted by Gasteiger charge is 2.10. The van der Waals surface area contributed by atoms with Crippen LogP contribution in [-0.2, 0) is 19.5 Å². The molecule has 0 unspecified atom stereocenters. The van der Waals surface area contributed by atoms with Crippen LogP contribution in [0.15, 0.2) is 42.7 Å². The Balaban J connectivity index is 2.06. The van der Waals surface area contributed by atoms with Crippen molar-refractivity contribution in [2.45, 2.75) is 26.4 Å². The Morgan fingerprint density at radius 3 is 2.80 bits per heavy atom. The molecule has 0 spiro atoms. The number of aryl methyl sites for hydroxylation is 1. The molecule has 4 heteroatoms. The molecule has 4 nitrogen and oxygen atoms in total. The second-order valence-corrected chi connectivity index (χ2v) is 4.84. The molecular formula is C16H18N4. The first-order valence-corrected chi connectivity index (χ1v) is 6.89. The van der Waals surface area contributed by atoms with Gasteiger partial charge in [0.1, 0.15) is 5.82 Å². The normalized spacial score (nSPS) is 11.1. The van der Waals surface area contributed by atoms with Gasteiger partial charge in [-0.25, -0.2) is 4.98 Å². The van der Waals surface area contributed by atoms with Crippen LogP contribution in [0.3, 0.4) is 0 Å². The maximum atomic E-state index is 5.70. The number of nitrogens with zero attached hydrogens (tertiary/aromatic N) is 3. The summed E-state index contributed by atoms with van der Waals surface area (Å²) in [5, 5.41) is 0. The maximum Gasteiger partial charge on any atom is 0.114 e. The Hall–Kier alpha value is -2.20. The molecule has 0 aliphatic carbocycles. The fourth-order valence-electron chi connectivity index (χ4n) is 2.53. The highest BCUT2D eigenvalue weighted by Crippen LogP contribution is 2.19. The van der Waals surface area contributed by atoms with Gasteiger partial charge in [0.25, 0.3) is 0 Å². The fraction of sp³-hybridized carbons (Fsp3) is 0.250. The van der Waals surface area contributed by atoms with Crippen molar-refractivity contribution in [1.82, 2.24) is 14.5 Å². The van der Waals surface area contributed by atoms with Crippen molar-refractivity contribution < 1.29 is 0 Å². The standard InChI is InChI=1S/C16H18N4/c1-2-20-15-6-5-12(10-17)8-14(15)19-16(20)9-13-4-3-7-18-11-13/h3-8,11H,2,9-10,17H2,1H3. The number of pyridine rings is 1. The van der Waals surface area contributed by atoms with E-state index in [0.717, 1.165) is 29.9 Å². The second kappa shape index (κ2) is 5.43. The number of nitrogens with two attached hydrogens (primary N) is 1. The Bertz CT molecular complexity index is 716. The molecule has 3 aromatic rings. The van der Waals surface area contributed by atoms with E-state index < -0.39 is 0 Å². The smallest absolute Gasteiger partial charge is 0.114 e. The van der Waals surface area contributed by atoms with Crippen molar-refractivity contribution in [1.29, 1.82) is 0 Å². The Labute approximate surface area is 118 Å². The van der Waals surface area contributed by atoms with Crippen LogP contribution in [-0.4, -0.2) is 14.5 Å². The van der Waals surface area contributed by atoms with E-state index in [2.05, 4.69) is 40.7 Å². The summed E-state index contributed by atoms with van der Waals surface area (Å²) in [7, 11) is 0. The van der Waals surface area contributed by atoms with Crippen molar-refractivity contribution in [2.75, 3.05) is 0 Å². The van der Waals surface area contributed by atoms with Crippen LogP contribution < -0.4 is 5.73 Å². The van der Waals surface area contributed by atoms with E-state index in [9.17, 15) is 0 Å². The van der Waals surface area contributed by atoms with E-state index in [-0.39, 0.29) is 0 Å². The first kappa shape index (κ1) is 12.8. The summed E-state index contributed by atoms with van der Waals surface area (Å²) < 4.78 is 2.25. The SMILES string of the molecule is CCn1c(Cc2cccnc2)nc2cc(CN)ccc21. The van der Waals surface area contributed by atoms with Crippen LogP contribution in [0.2, 0.25) is 0 Å². The summed E-state index contributed by atoms with van der Waals surface area (Å²) >= 11 is 0. The van der Waals surface area contributed by atoms with Gasteiger partial charge >= 0.3 is 0 Å². The van der Waals surface area contributed by atoms with Crippen molar-refractivity contribution >= 4 is 11.0 Å². The molecule has 2 heterocycles. The molecule has 2 aromatic heterocycles. The van der Waals surface area contributed by atoms with E-state index in [4.69, 9.17) is 10.7 Å². The summed E-state index contributed by atoms with van der Waals surface area (Å²) in [6.07, 6.45) is 4.48. The molecule has 0 radical (unpaired) electrons. The van der Waals surface area contributed by atoms with Crippen LogP contribution in [0.1, 0.15) is 23.9 Å². The van der Waals surface area contributed by atoms with E-state index in [0.29, 0.717) is 6.54 Å². The van der Waals surface area contributed by atoms with Crippen LogP contribution in [0.5, 0.6) is 0 Å². The molecule has 3 rings (SSSR count). The van der Waals surface area contributed by atoms with Crippen LogP contribution in [0.4, 0.5) is 0 Å². The molecule has 20 heavy (non-hydrogen) atoms. The molecule has 0 aliphatic rings. The van der Waals surface area contributed by atoms with E-state index in [1.165, 1.54) is 11.1 Å². The first-order chi connectivity index (χ1) is 9.81. The van der Waals surface area contributed by atoms with Gasteiger partial charge in [0, 0.05) is 31.9 Å². The molecule has 0 bridgehead atoms. The number of imidazole rings is 1. The highest BCUT2D eigenvalue weighted by atomic mass is 15.1. The van der Waals surface area contributed by atoms with Gasteiger partial charge in [0.05, 0.1) is 11.0 Å². The molecule has 0 amide bonds. The van der Waals surface area contributed by atoms with Crippen LogP contribution in [0.25, 0.3) is 11.0 Å². The third-order valence-corrected chi connectivity index (χ3v) is 3.53. The van der Waals surface area contributed by atoms with Crippen molar-refractivity contribution in [3.05, 3.63) is 59.7 Å². The van der Waals surface area contributed by atoms with Gasteiger partial charge in [0.2, 0.25) is 0 Å². The number of benzene rings is 1. The summed E-state index contributed by atoms with van der Waals surface area (Å²) in [5.41, 5.74) is 10.2. The first-order valence-electron chi connectivity index (χ1n) is 6.89. The highest BCUT2D eigenvalue weighted by molar-refractivity contribution is 5.77. The molecular weight excluding hydrogens is 248 g/mol.